The minimum absolute atomic E-state index is 0.338. The van der Waals surface area contributed by atoms with E-state index in [0.717, 1.165) is 5.82 Å². The molecule has 0 unspecified atom stereocenters. The predicted octanol–water partition coefficient (Wildman–Crippen LogP) is 0.488. The van der Waals surface area contributed by atoms with Crippen LogP contribution in [0.4, 0.5) is 11.6 Å². The lowest BCUT2D eigenvalue weighted by molar-refractivity contribution is 0.898. The predicted molar refractivity (Wildman–Crippen MR) is 62.0 cm³/mol. The first kappa shape index (κ1) is 10.2. The van der Waals surface area contributed by atoms with Crippen LogP contribution in [0.2, 0.25) is 0 Å². The zero-order valence-electron chi connectivity index (χ0n) is 9.39. The van der Waals surface area contributed by atoms with Gasteiger partial charge in [0.05, 0.1) is 5.39 Å². The minimum atomic E-state index is 0.338. The van der Waals surface area contributed by atoms with E-state index in [9.17, 15) is 5.26 Å². The van der Waals surface area contributed by atoms with E-state index < -0.39 is 0 Å². The highest BCUT2D eigenvalue weighted by molar-refractivity contribution is 5.97. The van der Waals surface area contributed by atoms with Gasteiger partial charge in [0.25, 0.3) is 0 Å². The van der Waals surface area contributed by atoms with Crippen molar-refractivity contribution in [3.05, 3.63) is 11.9 Å². The third kappa shape index (κ3) is 1.18. The number of anilines is 2. The number of nitrogens with two attached hydrogens (primary N) is 1. The zero-order chi connectivity index (χ0) is 11.9. The van der Waals surface area contributed by atoms with Gasteiger partial charge in [-0.3, -0.25) is 0 Å². The summed E-state index contributed by atoms with van der Waals surface area (Å²) < 4.78 is 1.84. The molecule has 82 valence electrons. The Bertz CT molecular complexity index is 589. The molecule has 0 aliphatic rings. The Kier molecular flexibility index (Phi) is 2.16. The van der Waals surface area contributed by atoms with Crippen LogP contribution in [0.25, 0.3) is 11.0 Å². The van der Waals surface area contributed by atoms with E-state index in [1.54, 1.807) is 0 Å². The van der Waals surface area contributed by atoms with E-state index in [0.29, 0.717) is 22.4 Å². The number of fused-ring (bicyclic) bond motifs is 1. The number of aryl methyl sites for hydroxylation is 1. The number of rotatable bonds is 1. The van der Waals surface area contributed by atoms with Gasteiger partial charge in [0.15, 0.2) is 0 Å². The summed E-state index contributed by atoms with van der Waals surface area (Å²) in [7, 11) is 5.60. The van der Waals surface area contributed by atoms with Crippen LogP contribution < -0.4 is 10.6 Å². The van der Waals surface area contributed by atoms with Crippen molar-refractivity contribution >= 4 is 22.7 Å². The lowest BCUT2D eigenvalue weighted by Crippen LogP contribution is -2.13. The number of hydrogen-bond acceptors (Lipinski definition) is 5. The van der Waals surface area contributed by atoms with Crippen molar-refractivity contribution in [2.45, 2.75) is 0 Å². The van der Waals surface area contributed by atoms with Crippen molar-refractivity contribution < 1.29 is 0 Å². The van der Waals surface area contributed by atoms with Gasteiger partial charge in [-0.1, -0.05) is 0 Å². The molecule has 2 aromatic heterocycles. The number of hydrogen-bond donors (Lipinski definition) is 1. The second-order valence-corrected chi connectivity index (χ2v) is 3.72. The molecule has 0 atom stereocenters. The van der Waals surface area contributed by atoms with Crippen LogP contribution in [0.15, 0.2) is 6.33 Å². The first-order valence-electron chi connectivity index (χ1n) is 4.74. The Labute approximate surface area is 92.9 Å². The first-order valence-corrected chi connectivity index (χ1v) is 4.74. The first-order chi connectivity index (χ1) is 7.57. The summed E-state index contributed by atoms with van der Waals surface area (Å²) in [4.78, 5) is 9.92. The topological polar surface area (TPSA) is 83.8 Å². The summed E-state index contributed by atoms with van der Waals surface area (Å²) in [6, 6.07) is 2.16. The minimum Gasteiger partial charge on any atom is -0.383 e. The van der Waals surface area contributed by atoms with Crippen LogP contribution in [0.1, 0.15) is 5.56 Å². The molecule has 0 saturated heterocycles. The molecular formula is C10H12N6. The Balaban J connectivity index is 2.99. The van der Waals surface area contributed by atoms with E-state index in [2.05, 4.69) is 16.0 Å². The maximum Gasteiger partial charge on any atom is 0.148 e. The van der Waals surface area contributed by atoms with Gasteiger partial charge in [0.1, 0.15) is 35.2 Å². The summed E-state index contributed by atoms with van der Waals surface area (Å²) in [6.07, 6.45) is 1.40. The molecule has 6 nitrogen and oxygen atoms in total. The Hall–Kier alpha value is -2.29. The zero-order valence-corrected chi connectivity index (χ0v) is 9.39. The van der Waals surface area contributed by atoms with Crippen LogP contribution in [0.5, 0.6) is 0 Å². The molecule has 6 heteroatoms. The number of aromatic nitrogens is 3. The fourth-order valence-corrected chi connectivity index (χ4v) is 1.89. The van der Waals surface area contributed by atoms with E-state index in [4.69, 9.17) is 5.73 Å². The van der Waals surface area contributed by atoms with Crippen LogP contribution in [-0.2, 0) is 7.05 Å². The molecule has 16 heavy (non-hydrogen) atoms. The monoisotopic (exact) mass is 216 g/mol. The van der Waals surface area contributed by atoms with Gasteiger partial charge in [-0.15, -0.1) is 0 Å². The lowest BCUT2D eigenvalue weighted by Gasteiger charge is -2.13. The Morgan fingerprint density at radius 3 is 2.69 bits per heavy atom. The molecule has 0 aliphatic heterocycles. The molecule has 0 spiro atoms. The molecule has 2 rings (SSSR count). The fraction of sp³-hybridized carbons (Fsp3) is 0.300. The Morgan fingerprint density at radius 2 is 2.12 bits per heavy atom. The molecule has 0 amide bonds. The number of nitriles is 1. The van der Waals surface area contributed by atoms with Gasteiger partial charge >= 0.3 is 0 Å². The van der Waals surface area contributed by atoms with Gasteiger partial charge < -0.3 is 15.2 Å². The smallest absolute Gasteiger partial charge is 0.148 e. The van der Waals surface area contributed by atoms with E-state index in [1.807, 2.05) is 30.6 Å². The molecule has 2 N–H and O–H groups in total. The molecule has 2 aromatic rings. The van der Waals surface area contributed by atoms with Crippen molar-refractivity contribution in [3.8, 4) is 6.07 Å². The molecule has 0 aromatic carbocycles. The van der Waals surface area contributed by atoms with Crippen LogP contribution in [0, 0.1) is 11.3 Å². The molecule has 0 bridgehead atoms. The van der Waals surface area contributed by atoms with Crippen LogP contribution >= 0.6 is 0 Å². The molecule has 0 radical (unpaired) electrons. The maximum atomic E-state index is 9.20. The Morgan fingerprint density at radius 1 is 1.44 bits per heavy atom. The largest absolute Gasteiger partial charge is 0.383 e. The standard InChI is InChI=1S/C10H12N6/c1-15(2)10-6(4-11)7-8(12)13-5-14-9(7)16(10)3/h5H,1-3H3,(H2,12,13,14). The average Bonchev–Trinajstić information content (AvgIpc) is 2.53. The summed E-state index contributed by atoms with van der Waals surface area (Å²) >= 11 is 0. The SMILES string of the molecule is CN(C)c1c(C#N)c2c(N)ncnc2n1C. The van der Waals surface area contributed by atoms with Crippen molar-refractivity contribution in [3.63, 3.8) is 0 Å². The van der Waals surface area contributed by atoms with E-state index in [-0.39, 0.29) is 0 Å². The van der Waals surface area contributed by atoms with Gasteiger partial charge in [0.2, 0.25) is 0 Å². The lowest BCUT2D eigenvalue weighted by atomic mass is 10.2. The van der Waals surface area contributed by atoms with Gasteiger partial charge in [-0.05, 0) is 0 Å². The summed E-state index contributed by atoms with van der Waals surface area (Å²) in [5, 5.41) is 9.82. The average molecular weight is 216 g/mol. The highest BCUT2D eigenvalue weighted by atomic mass is 15.2. The molecule has 2 heterocycles. The van der Waals surface area contributed by atoms with Crippen molar-refractivity contribution in [2.24, 2.45) is 7.05 Å². The van der Waals surface area contributed by atoms with Crippen LogP contribution in [-0.4, -0.2) is 28.6 Å². The van der Waals surface area contributed by atoms with Gasteiger partial charge in [-0.2, -0.15) is 5.26 Å². The summed E-state index contributed by atoms with van der Waals surface area (Å²) in [6.45, 7) is 0. The summed E-state index contributed by atoms with van der Waals surface area (Å²) in [5.41, 5.74) is 6.97. The second kappa shape index (κ2) is 3.38. The van der Waals surface area contributed by atoms with Crippen LogP contribution in [0.3, 0.4) is 0 Å². The quantitative estimate of drug-likeness (QED) is 0.749. The van der Waals surface area contributed by atoms with Crippen molar-refractivity contribution in [1.29, 1.82) is 5.26 Å². The van der Waals surface area contributed by atoms with Crippen molar-refractivity contribution in [2.75, 3.05) is 24.7 Å². The second-order valence-electron chi connectivity index (χ2n) is 3.72. The number of nitrogen functional groups attached to an aromatic ring is 1. The highest BCUT2D eigenvalue weighted by Crippen LogP contribution is 2.31. The molecular weight excluding hydrogens is 204 g/mol. The van der Waals surface area contributed by atoms with E-state index >= 15 is 0 Å². The third-order valence-corrected chi connectivity index (χ3v) is 2.50. The third-order valence-electron chi connectivity index (χ3n) is 2.50. The van der Waals surface area contributed by atoms with Gasteiger partial charge in [0, 0.05) is 21.1 Å². The van der Waals surface area contributed by atoms with E-state index in [1.165, 1.54) is 6.33 Å². The number of nitrogens with zero attached hydrogens (tertiary/aromatic N) is 5. The van der Waals surface area contributed by atoms with Gasteiger partial charge in [-0.25, -0.2) is 9.97 Å². The van der Waals surface area contributed by atoms with Crippen molar-refractivity contribution in [1.82, 2.24) is 14.5 Å². The fourth-order valence-electron chi connectivity index (χ4n) is 1.89. The maximum absolute atomic E-state index is 9.20. The molecule has 0 fully saturated rings. The molecule has 0 saturated carbocycles. The highest BCUT2D eigenvalue weighted by Gasteiger charge is 2.19. The summed E-state index contributed by atoms with van der Waals surface area (Å²) in [5.74, 6) is 1.12. The normalized spacial score (nSPS) is 10.4. The molecule has 0 aliphatic carbocycles.